The molecule has 1 N–H and O–H groups in total. The number of methoxy groups -OCH3 is 1. The van der Waals surface area contributed by atoms with Crippen LogP contribution in [0.2, 0.25) is 0 Å². The molecule has 0 unspecified atom stereocenters. The zero-order chi connectivity index (χ0) is 20.4. The van der Waals surface area contributed by atoms with E-state index in [4.69, 9.17) is 23.9 Å². The fourth-order valence-corrected chi connectivity index (χ4v) is 2.18. The number of rotatable bonds is 9. The number of ether oxygens (including phenoxy) is 3. The van der Waals surface area contributed by atoms with Crippen LogP contribution < -0.4 is 14.8 Å². The molecule has 1 aromatic carbocycles. The van der Waals surface area contributed by atoms with Crippen molar-refractivity contribution in [2.24, 2.45) is 0 Å². The minimum absolute atomic E-state index is 0.0995. The van der Waals surface area contributed by atoms with Gasteiger partial charge in [0.2, 0.25) is 0 Å². The van der Waals surface area contributed by atoms with Crippen LogP contribution in [0.3, 0.4) is 0 Å². The molecule has 1 aromatic heterocycles. The molecule has 8 heteroatoms. The summed E-state index contributed by atoms with van der Waals surface area (Å²) in [6.45, 7) is 1.59. The molecule has 0 aliphatic heterocycles. The molecule has 1 atom stereocenters. The van der Waals surface area contributed by atoms with Crippen molar-refractivity contribution >= 4 is 18.0 Å². The molecule has 146 valence electrons. The SMILES string of the molecule is COc1cc(/C=C/C(=O)O[C@H](C)C(=O)NCc2ccco2)ccc1OCC#N. The van der Waals surface area contributed by atoms with E-state index in [1.807, 2.05) is 6.07 Å². The molecule has 0 saturated carbocycles. The van der Waals surface area contributed by atoms with Gasteiger partial charge in [-0.3, -0.25) is 4.79 Å². The van der Waals surface area contributed by atoms with Gasteiger partial charge in [0.05, 0.1) is 19.9 Å². The second-order valence-electron chi connectivity index (χ2n) is 5.57. The number of carbonyl (C=O) groups is 2. The van der Waals surface area contributed by atoms with E-state index in [0.717, 1.165) is 0 Å². The van der Waals surface area contributed by atoms with Crippen LogP contribution in [-0.2, 0) is 20.9 Å². The van der Waals surface area contributed by atoms with Gasteiger partial charge < -0.3 is 23.9 Å². The third-order valence-electron chi connectivity index (χ3n) is 3.57. The Labute approximate surface area is 162 Å². The average molecular weight is 384 g/mol. The van der Waals surface area contributed by atoms with E-state index in [1.54, 1.807) is 30.3 Å². The van der Waals surface area contributed by atoms with Crippen molar-refractivity contribution in [1.82, 2.24) is 5.32 Å². The molecule has 2 aromatic rings. The highest BCUT2D eigenvalue weighted by molar-refractivity contribution is 5.90. The van der Waals surface area contributed by atoms with Crippen LogP contribution >= 0.6 is 0 Å². The molecule has 0 aliphatic rings. The number of nitrogens with zero attached hydrogens (tertiary/aromatic N) is 1. The Morgan fingerprint density at radius 3 is 2.82 bits per heavy atom. The number of nitrogens with one attached hydrogen (secondary N) is 1. The van der Waals surface area contributed by atoms with Gasteiger partial charge >= 0.3 is 5.97 Å². The van der Waals surface area contributed by atoms with Crippen molar-refractivity contribution in [3.05, 3.63) is 54.0 Å². The standard InChI is InChI=1S/C20H20N2O6/c1-14(20(24)22-13-16-4-3-10-26-16)28-19(23)8-6-15-5-7-17(27-11-9-21)18(12-15)25-2/h3-8,10,12,14H,11,13H2,1-2H3,(H,22,24)/b8-6+/t14-/m1/s1. The molecule has 8 nitrogen and oxygen atoms in total. The molecule has 0 aliphatic carbocycles. The normalized spacial score (nSPS) is 11.5. The maximum atomic E-state index is 11.9. The van der Waals surface area contributed by atoms with E-state index in [-0.39, 0.29) is 13.2 Å². The van der Waals surface area contributed by atoms with Gasteiger partial charge in [-0.15, -0.1) is 0 Å². The third kappa shape index (κ3) is 6.21. The Hall–Kier alpha value is -3.73. The highest BCUT2D eigenvalue weighted by Crippen LogP contribution is 2.28. The molecule has 0 spiro atoms. The minimum Gasteiger partial charge on any atom is -0.493 e. The first kappa shape index (κ1) is 20.6. The van der Waals surface area contributed by atoms with Gasteiger partial charge in [-0.25, -0.2) is 4.79 Å². The van der Waals surface area contributed by atoms with Gasteiger partial charge in [0.15, 0.2) is 24.2 Å². The van der Waals surface area contributed by atoms with Gasteiger partial charge in [-0.2, -0.15) is 5.26 Å². The molecule has 0 bridgehead atoms. The Morgan fingerprint density at radius 2 is 2.14 bits per heavy atom. The summed E-state index contributed by atoms with van der Waals surface area (Å²) in [6, 6.07) is 10.3. The zero-order valence-corrected chi connectivity index (χ0v) is 15.5. The van der Waals surface area contributed by atoms with Crippen LogP contribution in [0.15, 0.2) is 47.1 Å². The number of esters is 1. The number of amides is 1. The molecule has 0 saturated heterocycles. The molecule has 0 fully saturated rings. The van der Waals surface area contributed by atoms with E-state index >= 15 is 0 Å². The predicted molar refractivity (Wildman–Crippen MR) is 99.2 cm³/mol. The Morgan fingerprint density at radius 1 is 1.32 bits per heavy atom. The van der Waals surface area contributed by atoms with Crippen molar-refractivity contribution in [2.75, 3.05) is 13.7 Å². The van der Waals surface area contributed by atoms with Gasteiger partial charge in [0.1, 0.15) is 11.8 Å². The monoisotopic (exact) mass is 384 g/mol. The molecular weight excluding hydrogens is 364 g/mol. The predicted octanol–water partition coefficient (Wildman–Crippen LogP) is 2.45. The fourth-order valence-electron chi connectivity index (χ4n) is 2.18. The number of nitriles is 1. The summed E-state index contributed by atoms with van der Waals surface area (Å²) in [6.07, 6.45) is 3.28. The Kier molecular flexibility index (Phi) is 7.66. The second-order valence-corrected chi connectivity index (χ2v) is 5.57. The van der Waals surface area contributed by atoms with Crippen molar-refractivity contribution in [1.29, 1.82) is 5.26 Å². The summed E-state index contributed by atoms with van der Waals surface area (Å²) in [4.78, 5) is 23.9. The quantitative estimate of drug-likeness (QED) is 0.522. The van der Waals surface area contributed by atoms with E-state index in [2.05, 4.69) is 5.32 Å². The van der Waals surface area contributed by atoms with Crippen LogP contribution in [0.25, 0.3) is 6.08 Å². The summed E-state index contributed by atoms with van der Waals surface area (Å²) in [5.41, 5.74) is 0.660. The van der Waals surface area contributed by atoms with E-state index in [9.17, 15) is 9.59 Å². The molecule has 0 radical (unpaired) electrons. The summed E-state index contributed by atoms with van der Waals surface area (Å²) in [5, 5.41) is 11.2. The van der Waals surface area contributed by atoms with E-state index in [0.29, 0.717) is 22.8 Å². The van der Waals surface area contributed by atoms with Crippen LogP contribution in [0.5, 0.6) is 11.5 Å². The van der Waals surface area contributed by atoms with Crippen molar-refractivity contribution in [3.63, 3.8) is 0 Å². The Balaban J connectivity index is 1.88. The van der Waals surface area contributed by atoms with Crippen LogP contribution in [-0.4, -0.2) is 31.7 Å². The first-order valence-corrected chi connectivity index (χ1v) is 8.40. The maximum absolute atomic E-state index is 11.9. The number of benzene rings is 1. The van der Waals surface area contributed by atoms with Crippen molar-refractivity contribution in [3.8, 4) is 17.6 Å². The summed E-state index contributed by atoms with van der Waals surface area (Å²) in [7, 11) is 1.47. The zero-order valence-electron chi connectivity index (χ0n) is 15.5. The lowest BCUT2D eigenvalue weighted by molar-refractivity contribution is -0.150. The topological polar surface area (TPSA) is 111 Å². The molecule has 28 heavy (non-hydrogen) atoms. The summed E-state index contributed by atoms with van der Waals surface area (Å²) >= 11 is 0. The summed E-state index contributed by atoms with van der Waals surface area (Å²) < 4.78 is 20.6. The number of carbonyl (C=O) groups excluding carboxylic acids is 2. The van der Waals surface area contributed by atoms with E-state index in [1.165, 1.54) is 32.4 Å². The highest BCUT2D eigenvalue weighted by Gasteiger charge is 2.16. The van der Waals surface area contributed by atoms with Gasteiger partial charge in [-0.05, 0) is 42.8 Å². The average Bonchev–Trinajstić information content (AvgIpc) is 3.22. The minimum atomic E-state index is -0.955. The van der Waals surface area contributed by atoms with Crippen LogP contribution in [0.1, 0.15) is 18.2 Å². The first-order chi connectivity index (χ1) is 13.5. The van der Waals surface area contributed by atoms with Gasteiger partial charge in [0.25, 0.3) is 5.91 Å². The fraction of sp³-hybridized carbons (Fsp3) is 0.250. The number of hydrogen-bond donors (Lipinski definition) is 1. The molecule has 2 rings (SSSR count). The number of furan rings is 1. The lowest BCUT2D eigenvalue weighted by Crippen LogP contribution is -2.35. The maximum Gasteiger partial charge on any atom is 0.331 e. The van der Waals surface area contributed by atoms with Crippen LogP contribution in [0.4, 0.5) is 0 Å². The number of hydrogen-bond acceptors (Lipinski definition) is 7. The Bertz CT molecular complexity index is 867. The smallest absolute Gasteiger partial charge is 0.331 e. The molecule has 1 amide bonds. The van der Waals surface area contributed by atoms with Gasteiger partial charge in [0, 0.05) is 6.08 Å². The first-order valence-electron chi connectivity index (χ1n) is 8.40. The van der Waals surface area contributed by atoms with Gasteiger partial charge in [-0.1, -0.05) is 6.07 Å². The molecule has 1 heterocycles. The highest BCUT2D eigenvalue weighted by atomic mass is 16.5. The van der Waals surface area contributed by atoms with E-state index < -0.39 is 18.0 Å². The third-order valence-corrected chi connectivity index (χ3v) is 3.57. The summed E-state index contributed by atoms with van der Waals surface area (Å²) in [5.74, 6) is 0.355. The van der Waals surface area contributed by atoms with Crippen LogP contribution in [0, 0.1) is 11.3 Å². The lowest BCUT2D eigenvalue weighted by atomic mass is 10.2. The second kappa shape index (κ2) is 10.4. The lowest BCUT2D eigenvalue weighted by Gasteiger charge is -2.11. The molecular formula is C20H20N2O6. The van der Waals surface area contributed by atoms with Crippen molar-refractivity contribution < 1.29 is 28.2 Å². The largest absolute Gasteiger partial charge is 0.493 e. The van der Waals surface area contributed by atoms with Crippen molar-refractivity contribution in [2.45, 2.75) is 19.6 Å².